The van der Waals surface area contributed by atoms with Crippen LogP contribution in [0, 0.1) is 0 Å². The van der Waals surface area contributed by atoms with Crippen molar-refractivity contribution in [2.75, 3.05) is 57.6 Å². The molecule has 12 nitrogen and oxygen atoms in total. The molecule has 1 unspecified atom stereocenters. The summed E-state index contributed by atoms with van der Waals surface area (Å²) < 4.78 is 15.7. The summed E-state index contributed by atoms with van der Waals surface area (Å²) in [6.07, 6.45) is 1.95. The molecule has 0 aliphatic carbocycles. The van der Waals surface area contributed by atoms with E-state index in [0.717, 1.165) is 0 Å². The maximum absolute atomic E-state index is 13.0. The number of carbonyl (C=O) groups is 3. The first-order valence-corrected chi connectivity index (χ1v) is 12.4. The lowest BCUT2D eigenvalue weighted by Crippen LogP contribution is -2.52. The van der Waals surface area contributed by atoms with Gasteiger partial charge in [0.05, 0.1) is 39.3 Å². The molecule has 4 rings (SSSR count). The van der Waals surface area contributed by atoms with Crippen LogP contribution in [0.1, 0.15) is 22.7 Å². The number of hydrogen-bond acceptors (Lipinski definition) is 8. The molecule has 38 heavy (non-hydrogen) atoms. The summed E-state index contributed by atoms with van der Waals surface area (Å²) in [4.78, 5) is 42.6. The van der Waals surface area contributed by atoms with Crippen molar-refractivity contribution in [3.05, 3.63) is 54.1 Å². The van der Waals surface area contributed by atoms with Gasteiger partial charge < -0.3 is 44.6 Å². The number of aromatic nitrogens is 1. The van der Waals surface area contributed by atoms with Gasteiger partial charge in [0.25, 0.3) is 17.7 Å². The van der Waals surface area contributed by atoms with Gasteiger partial charge >= 0.3 is 0 Å². The number of nitrogens with one attached hydrogen (secondary N) is 3. The van der Waals surface area contributed by atoms with Crippen LogP contribution in [0.15, 0.2) is 47.1 Å². The predicted octanol–water partition coefficient (Wildman–Crippen LogP) is 0.343. The Balaban J connectivity index is 1.30. The SMILES string of the molecule is O=C(NCCOCCOCCO)c1cc2cc(N3CCC(O)(C(=O)NCCc4ccco4)C3=O)ccc2[nH]1. The molecule has 12 heteroatoms. The Morgan fingerprint density at radius 2 is 1.89 bits per heavy atom. The summed E-state index contributed by atoms with van der Waals surface area (Å²) in [6.45, 7) is 1.98. The van der Waals surface area contributed by atoms with Crippen LogP contribution in [-0.4, -0.2) is 91.2 Å². The molecule has 1 fully saturated rings. The number of ether oxygens (including phenoxy) is 2. The topological polar surface area (TPSA) is 166 Å². The first-order chi connectivity index (χ1) is 18.4. The molecule has 0 radical (unpaired) electrons. The van der Waals surface area contributed by atoms with Crippen molar-refractivity contribution in [1.82, 2.24) is 15.6 Å². The summed E-state index contributed by atoms with van der Waals surface area (Å²) in [5.74, 6) is -1.04. The Morgan fingerprint density at radius 1 is 1.08 bits per heavy atom. The molecule has 3 amide bonds. The van der Waals surface area contributed by atoms with Crippen LogP contribution < -0.4 is 15.5 Å². The molecule has 3 aromatic rings. The normalized spacial score (nSPS) is 17.3. The minimum absolute atomic E-state index is 0.0348. The monoisotopic (exact) mass is 528 g/mol. The third-order valence-electron chi connectivity index (χ3n) is 6.21. The van der Waals surface area contributed by atoms with E-state index < -0.39 is 17.4 Å². The highest BCUT2D eigenvalue weighted by molar-refractivity contribution is 6.16. The molecule has 3 heterocycles. The van der Waals surface area contributed by atoms with Crippen molar-refractivity contribution in [1.29, 1.82) is 0 Å². The molecule has 1 saturated heterocycles. The molecule has 1 aliphatic heterocycles. The number of amides is 3. The highest BCUT2D eigenvalue weighted by Crippen LogP contribution is 2.31. The third kappa shape index (κ3) is 6.40. The van der Waals surface area contributed by atoms with Gasteiger partial charge in [0.2, 0.25) is 5.60 Å². The Kier molecular flexibility index (Phi) is 9.13. The maximum atomic E-state index is 13.0. The standard InChI is InChI=1S/C26H32N4O8/c31-10-13-37-15-14-36-12-8-27-23(32)22-17-18-16-19(3-4-21(18)29-22)30-9-6-26(35,25(30)34)24(33)28-7-5-20-2-1-11-38-20/h1-4,11,16-17,29,31,35H,5-10,12-15H2,(H,27,32)(H,28,33). The summed E-state index contributed by atoms with van der Waals surface area (Å²) >= 11 is 0. The molecule has 0 spiro atoms. The van der Waals surface area contributed by atoms with Crippen LogP contribution in [0.5, 0.6) is 0 Å². The van der Waals surface area contributed by atoms with Crippen molar-refractivity contribution in [2.45, 2.75) is 18.4 Å². The number of aliphatic hydroxyl groups excluding tert-OH is 1. The number of aliphatic hydroxyl groups is 2. The Hall–Kier alpha value is -3.71. The van der Waals surface area contributed by atoms with Crippen LogP contribution >= 0.6 is 0 Å². The van der Waals surface area contributed by atoms with Gasteiger partial charge in [0, 0.05) is 49.1 Å². The van der Waals surface area contributed by atoms with Gasteiger partial charge in [-0.25, -0.2) is 0 Å². The van der Waals surface area contributed by atoms with Crippen LogP contribution in [0.4, 0.5) is 5.69 Å². The second-order valence-corrected chi connectivity index (χ2v) is 8.81. The number of fused-ring (bicyclic) bond motifs is 1. The van der Waals surface area contributed by atoms with E-state index in [-0.39, 0.29) is 38.6 Å². The van der Waals surface area contributed by atoms with E-state index >= 15 is 0 Å². The number of benzene rings is 1. The number of aromatic amines is 1. The lowest BCUT2D eigenvalue weighted by Gasteiger charge is -2.21. The molecule has 1 aliphatic rings. The van der Waals surface area contributed by atoms with Crippen molar-refractivity contribution >= 4 is 34.3 Å². The summed E-state index contributed by atoms with van der Waals surface area (Å²) in [5, 5.41) is 25.6. The molecular weight excluding hydrogens is 496 g/mol. The number of H-pyrrole nitrogens is 1. The first-order valence-electron chi connectivity index (χ1n) is 12.4. The Morgan fingerprint density at radius 3 is 2.66 bits per heavy atom. The van der Waals surface area contributed by atoms with Crippen molar-refractivity contribution in [3.63, 3.8) is 0 Å². The van der Waals surface area contributed by atoms with Gasteiger partial charge in [-0.1, -0.05) is 0 Å². The van der Waals surface area contributed by atoms with E-state index in [0.29, 0.717) is 60.8 Å². The van der Waals surface area contributed by atoms with Gasteiger partial charge in [0.15, 0.2) is 0 Å². The Labute approximate surface area is 218 Å². The van der Waals surface area contributed by atoms with Crippen molar-refractivity contribution in [3.8, 4) is 0 Å². The molecule has 1 atom stereocenters. The molecule has 5 N–H and O–H groups in total. The minimum atomic E-state index is -2.14. The fraction of sp³-hybridized carbons (Fsp3) is 0.423. The number of furan rings is 1. The van der Waals surface area contributed by atoms with Crippen LogP contribution in [-0.2, 0) is 25.5 Å². The largest absolute Gasteiger partial charge is 0.469 e. The number of anilines is 1. The lowest BCUT2D eigenvalue weighted by molar-refractivity contribution is -0.149. The average Bonchev–Trinajstić information content (AvgIpc) is 3.65. The fourth-order valence-electron chi connectivity index (χ4n) is 4.19. The molecular formula is C26H32N4O8. The van der Waals surface area contributed by atoms with Crippen LogP contribution in [0.25, 0.3) is 10.9 Å². The molecule has 1 aromatic carbocycles. The highest BCUT2D eigenvalue weighted by atomic mass is 16.5. The van der Waals surface area contributed by atoms with E-state index in [2.05, 4.69) is 15.6 Å². The number of carbonyl (C=O) groups excluding carboxylic acids is 3. The third-order valence-corrected chi connectivity index (χ3v) is 6.21. The number of rotatable bonds is 14. The van der Waals surface area contributed by atoms with Gasteiger partial charge in [-0.2, -0.15) is 0 Å². The highest BCUT2D eigenvalue weighted by Gasteiger charge is 2.51. The molecule has 0 saturated carbocycles. The van der Waals surface area contributed by atoms with E-state index in [4.69, 9.17) is 19.0 Å². The van der Waals surface area contributed by atoms with Crippen molar-refractivity contribution in [2.24, 2.45) is 0 Å². The molecule has 2 aromatic heterocycles. The van der Waals surface area contributed by atoms with Crippen LogP contribution in [0.3, 0.4) is 0 Å². The first kappa shape index (κ1) is 27.3. The lowest BCUT2D eigenvalue weighted by atomic mass is 10.0. The predicted molar refractivity (Wildman–Crippen MR) is 137 cm³/mol. The van der Waals surface area contributed by atoms with Gasteiger partial charge in [0.1, 0.15) is 11.5 Å². The second-order valence-electron chi connectivity index (χ2n) is 8.81. The number of hydrogen-bond donors (Lipinski definition) is 5. The van der Waals surface area contributed by atoms with Gasteiger partial charge in [-0.15, -0.1) is 0 Å². The number of nitrogens with zero attached hydrogens (tertiary/aromatic N) is 1. The fourth-order valence-corrected chi connectivity index (χ4v) is 4.19. The Bertz CT molecular complexity index is 1240. The maximum Gasteiger partial charge on any atom is 0.268 e. The molecule has 204 valence electrons. The van der Waals surface area contributed by atoms with E-state index in [9.17, 15) is 19.5 Å². The smallest absolute Gasteiger partial charge is 0.268 e. The zero-order chi connectivity index (χ0) is 27.0. The van der Waals surface area contributed by atoms with E-state index in [1.54, 1.807) is 36.4 Å². The summed E-state index contributed by atoms with van der Waals surface area (Å²) in [7, 11) is 0. The van der Waals surface area contributed by atoms with Gasteiger partial charge in [-0.05, 0) is 36.4 Å². The van der Waals surface area contributed by atoms with Crippen LogP contribution in [0.2, 0.25) is 0 Å². The zero-order valence-electron chi connectivity index (χ0n) is 20.9. The summed E-state index contributed by atoms with van der Waals surface area (Å²) in [6, 6.07) is 10.4. The van der Waals surface area contributed by atoms with Gasteiger partial charge in [-0.3, -0.25) is 14.4 Å². The summed E-state index contributed by atoms with van der Waals surface area (Å²) in [5.41, 5.74) is -0.573. The minimum Gasteiger partial charge on any atom is -0.469 e. The average molecular weight is 529 g/mol. The zero-order valence-corrected chi connectivity index (χ0v) is 20.9. The quantitative estimate of drug-likeness (QED) is 0.148. The second kappa shape index (κ2) is 12.7. The van der Waals surface area contributed by atoms with E-state index in [1.807, 2.05) is 0 Å². The van der Waals surface area contributed by atoms with E-state index in [1.165, 1.54) is 11.2 Å². The van der Waals surface area contributed by atoms with Crippen molar-refractivity contribution < 1.29 is 38.5 Å². The molecule has 0 bridgehead atoms.